The minimum Gasteiger partial charge on any atom is -0.478 e. The number of amides is 1. The topological polar surface area (TPSA) is 79.5 Å². The Morgan fingerprint density at radius 1 is 1.33 bits per heavy atom. The summed E-state index contributed by atoms with van der Waals surface area (Å²) in [5, 5.41) is 11.4. The maximum Gasteiger partial charge on any atom is 0.339 e. The third-order valence-electron chi connectivity index (χ3n) is 2.75. The lowest BCUT2D eigenvalue weighted by molar-refractivity contribution is 0.0694. The highest BCUT2D eigenvalue weighted by atomic mass is 79.9. The molecule has 1 aromatic heterocycles. The fourth-order valence-corrected chi connectivity index (χ4v) is 2.26. The Kier molecular flexibility index (Phi) is 4.42. The number of aromatic carboxylic acids is 1. The van der Waals surface area contributed by atoms with Crippen molar-refractivity contribution >= 4 is 27.8 Å². The molecule has 1 amide bonds. The number of aryl methyl sites for hydroxylation is 1. The molecule has 1 aromatic carbocycles. The van der Waals surface area contributed by atoms with Crippen LogP contribution >= 0.6 is 15.9 Å². The number of hydrogen-bond donors (Lipinski definition) is 2. The van der Waals surface area contributed by atoms with E-state index >= 15 is 0 Å². The van der Waals surface area contributed by atoms with E-state index in [1.54, 1.807) is 0 Å². The van der Waals surface area contributed by atoms with Crippen LogP contribution in [0, 0.1) is 12.7 Å². The van der Waals surface area contributed by atoms with E-state index in [0.29, 0.717) is 10.2 Å². The molecular weight excluding hydrogens is 345 g/mol. The first-order valence-electron chi connectivity index (χ1n) is 5.93. The number of carboxylic acids is 1. The van der Waals surface area contributed by atoms with Crippen LogP contribution in [0.15, 0.2) is 33.2 Å². The molecule has 0 saturated heterocycles. The molecule has 2 aromatic rings. The molecule has 0 aliphatic heterocycles. The van der Waals surface area contributed by atoms with Crippen LogP contribution in [-0.4, -0.2) is 17.0 Å². The van der Waals surface area contributed by atoms with Crippen LogP contribution in [-0.2, 0) is 6.54 Å². The monoisotopic (exact) mass is 355 g/mol. The molecule has 2 N–H and O–H groups in total. The number of rotatable bonds is 4. The van der Waals surface area contributed by atoms with Crippen LogP contribution in [0.25, 0.3) is 0 Å². The van der Waals surface area contributed by atoms with Gasteiger partial charge in [-0.25, -0.2) is 9.18 Å². The van der Waals surface area contributed by atoms with Gasteiger partial charge in [0.2, 0.25) is 0 Å². The van der Waals surface area contributed by atoms with Gasteiger partial charge in [0.05, 0.1) is 6.54 Å². The first-order chi connectivity index (χ1) is 9.86. The summed E-state index contributed by atoms with van der Waals surface area (Å²) in [4.78, 5) is 22.8. The molecule has 0 unspecified atom stereocenters. The van der Waals surface area contributed by atoms with Crippen molar-refractivity contribution in [2.75, 3.05) is 0 Å². The molecule has 21 heavy (non-hydrogen) atoms. The quantitative estimate of drug-likeness (QED) is 0.882. The average Bonchev–Trinajstić information content (AvgIpc) is 2.76. The van der Waals surface area contributed by atoms with Crippen LogP contribution < -0.4 is 5.32 Å². The molecule has 0 fully saturated rings. The number of benzene rings is 1. The zero-order valence-electron chi connectivity index (χ0n) is 10.9. The number of halogens is 2. The van der Waals surface area contributed by atoms with Crippen molar-refractivity contribution < 1.29 is 23.5 Å². The van der Waals surface area contributed by atoms with Gasteiger partial charge in [-0.05, 0) is 31.2 Å². The van der Waals surface area contributed by atoms with Crippen molar-refractivity contribution in [1.29, 1.82) is 0 Å². The summed E-state index contributed by atoms with van der Waals surface area (Å²) in [6, 6.07) is 5.18. The predicted molar refractivity (Wildman–Crippen MR) is 75.7 cm³/mol. The Labute approximate surface area is 127 Å². The molecule has 7 heteroatoms. The van der Waals surface area contributed by atoms with Gasteiger partial charge in [0.15, 0.2) is 0 Å². The Bertz CT molecular complexity index is 691. The number of nitrogens with one attached hydrogen (secondary N) is 1. The highest BCUT2D eigenvalue weighted by molar-refractivity contribution is 9.10. The molecule has 0 radical (unpaired) electrons. The second-order valence-electron chi connectivity index (χ2n) is 4.33. The Morgan fingerprint density at radius 2 is 2.05 bits per heavy atom. The summed E-state index contributed by atoms with van der Waals surface area (Å²) >= 11 is 3.10. The first-order valence-corrected chi connectivity index (χ1v) is 6.73. The van der Waals surface area contributed by atoms with E-state index in [-0.39, 0.29) is 23.4 Å². The smallest absolute Gasteiger partial charge is 0.339 e. The second-order valence-corrected chi connectivity index (χ2v) is 5.24. The van der Waals surface area contributed by atoms with Gasteiger partial charge < -0.3 is 14.8 Å². The van der Waals surface area contributed by atoms with Gasteiger partial charge in [0, 0.05) is 10.0 Å². The highest BCUT2D eigenvalue weighted by Crippen LogP contribution is 2.16. The zero-order chi connectivity index (χ0) is 15.6. The molecule has 1 heterocycles. The number of carbonyl (C=O) groups excluding carboxylic acids is 1. The van der Waals surface area contributed by atoms with E-state index < -0.39 is 17.7 Å². The van der Waals surface area contributed by atoms with Crippen molar-refractivity contribution in [3.63, 3.8) is 0 Å². The average molecular weight is 356 g/mol. The minimum absolute atomic E-state index is 0.0150. The van der Waals surface area contributed by atoms with Crippen molar-refractivity contribution in [3.8, 4) is 0 Å². The van der Waals surface area contributed by atoms with Gasteiger partial charge in [-0.15, -0.1) is 0 Å². The van der Waals surface area contributed by atoms with E-state index in [1.165, 1.54) is 25.1 Å². The minimum atomic E-state index is -1.09. The van der Waals surface area contributed by atoms with Gasteiger partial charge >= 0.3 is 5.97 Å². The van der Waals surface area contributed by atoms with E-state index in [4.69, 9.17) is 9.52 Å². The van der Waals surface area contributed by atoms with Crippen molar-refractivity contribution in [2.24, 2.45) is 0 Å². The first kappa shape index (κ1) is 15.2. The molecule has 0 aliphatic rings. The SMILES string of the molecule is Cc1oc(CNC(=O)c2cc(F)cc(Br)c2)cc1C(=O)O. The molecule has 2 rings (SSSR count). The standard InChI is InChI=1S/C14H11BrFNO4/c1-7-12(14(19)20)5-11(21-7)6-17-13(18)8-2-9(15)4-10(16)3-8/h2-5H,6H2,1H3,(H,17,18)(H,19,20). The molecule has 0 aliphatic carbocycles. The lowest BCUT2D eigenvalue weighted by atomic mass is 10.2. The molecule has 0 spiro atoms. The van der Waals surface area contributed by atoms with Crippen molar-refractivity contribution in [3.05, 3.63) is 57.2 Å². The van der Waals surface area contributed by atoms with Crippen LogP contribution in [0.1, 0.15) is 32.2 Å². The van der Waals surface area contributed by atoms with Gasteiger partial charge in [-0.3, -0.25) is 4.79 Å². The van der Waals surface area contributed by atoms with Gasteiger partial charge in [0.1, 0.15) is 22.9 Å². The number of hydrogen-bond acceptors (Lipinski definition) is 3. The molecule has 0 bridgehead atoms. The van der Waals surface area contributed by atoms with Crippen molar-refractivity contribution in [2.45, 2.75) is 13.5 Å². The Morgan fingerprint density at radius 3 is 2.62 bits per heavy atom. The fourth-order valence-electron chi connectivity index (χ4n) is 1.80. The van der Waals surface area contributed by atoms with Gasteiger partial charge in [0.25, 0.3) is 5.91 Å². The van der Waals surface area contributed by atoms with Crippen LogP contribution in [0.3, 0.4) is 0 Å². The molecule has 110 valence electrons. The summed E-state index contributed by atoms with van der Waals surface area (Å²) in [5.41, 5.74) is 0.205. The third kappa shape index (κ3) is 3.69. The largest absolute Gasteiger partial charge is 0.478 e. The predicted octanol–water partition coefficient (Wildman–Crippen LogP) is 3.12. The fraction of sp³-hybridized carbons (Fsp3) is 0.143. The van der Waals surface area contributed by atoms with E-state index in [9.17, 15) is 14.0 Å². The maximum atomic E-state index is 13.2. The molecular formula is C14H11BrFNO4. The van der Waals surface area contributed by atoms with E-state index in [2.05, 4.69) is 21.2 Å². The third-order valence-corrected chi connectivity index (χ3v) is 3.20. The van der Waals surface area contributed by atoms with Gasteiger partial charge in [-0.2, -0.15) is 0 Å². The zero-order valence-corrected chi connectivity index (χ0v) is 12.5. The van der Waals surface area contributed by atoms with E-state index in [1.807, 2.05) is 0 Å². The Balaban J connectivity index is 2.07. The number of carbonyl (C=O) groups is 2. The summed E-state index contributed by atoms with van der Waals surface area (Å²) in [6.45, 7) is 1.54. The summed E-state index contributed by atoms with van der Waals surface area (Å²) < 4.78 is 18.9. The number of carboxylic acid groups (broad SMARTS) is 1. The van der Waals surface area contributed by atoms with Crippen molar-refractivity contribution in [1.82, 2.24) is 5.32 Å². The lowest BCUT2D eigenvalue weighted by Crippen LogP contribution is -2.22. The summed E-state index contributed by atoms with van der Waals surface area (Å²) in [6.07, 6.45) is 0. The number of furan rings is 1. The summed E-state index contributed by atoms with van der Waals surface area (Å²) in [5.74, 6) is -1.53. The second kappa shape index (κ2) is 6.09. The highest BCUT2D eigenvalue weighted by Gasteiger charge is 2.15. The lowest BCUT2D eigenvalue weighted by Gasteiger charge is -2.04. The van der Waals surface area contributed by atoms with Gasteiger partial charge in [-0.1, -0.05) is 15.9 Å². The molecule has 0 saturated carbocycles. The van der Waals surface area contributed by atoms with E-state index in [0.717, 1.165) is 6.07 Å². The maximum absolute atomic E-state index is 13.2. The Hall–Kier alpha value is -2.15. The van der Waals surface area contributed by atoms with Crippen LogP contribution in [0.2, 0.25) is 0 Å². The molecule has 5 nitrogen and oxygen atoms in total. The summed E-state index contributed by atoms with van der Waals surface area (Å²) in [7, 11) is 0. The normalized spacial score (nSPS) is 10.4. The van der Waals surface area contributed by atoms with Crippen LogP contribution in [0.4, 0.5) is 4.39 Å². The molecule has 0 atom stereocenters. The van der Waals surface area contributed by atoms with Crippen LogP contribution in [0.5, 0.6) is 0 Å².